The molecule has 2 aromatic heterocycles. The number of benzene rings is 1. The Morgan fingerprint density at radius 2 is 1.84 bits per heavy atom. The molecule has 0 saturated carbocycles. The highest BCUT2D eigenvalue weighted by Crippen LogP contribution is 2.26. The molecule has 0 fully saturated rings. The molecule has 0 bridgehead atoms. The summed E-state index contributed by atoms with van der Waals surface area (Å²) in [5.74, 6) is -1.58. The molecule has 0 saturated heterocycles. The monoisotopic (exact) mass is 527 g/mol. The van der Waals surface area contributed by atoms with Crippen LogP contribution in [-0.2, 0) is 17.7 Å². The summed E-state index contributed by atoms with van der Waals surface area (Å²) >= 11 is 0. The number of halogens is 1. The van der Waals surface area contributed by atoms with Gasteiger partial charge in [-0.1, -0.05) is 12.1 Å². The van der Waals surface area contributed by atoms with Crippen molar-refractivity contribution in [3.8, 4) is 5.75 Å². The molecule has 3 aromatic rings. The summed E-state index contributed by atoms with van der Waals surface area (Å²) < 4.78 is 20.1. The molecule has 0 atom stereocenters. The predicted octanol–water partition coefficient (Wildman–Crippen LogP) is 2.65. The van der Waals surface area contributed by atoms with Gasteiger partial charge in [0.15, 0.2) is 5.75 Å². The summed E-state index contributed by atoms with van der Waals surface area (Å²) in [6.07, 6.45) is 2.55. The molecule has 3 rings (SSSR count). The molecule has 0 radical (unpaired) electrons. The Kier molecular flexibility index (Phi) is 9.78. The number of nitrogens with one attached hydrogen (secondary N) is 2. The van der Waals surface area contributed by atoms with E-state index in [0.717, 1.165) is 11.1 Å². The van der Waals surface area contributed by atoms with E-state index in [1.807, 2.05) is 13.8 Å². The number of amides is 3. The number of nitrogens with zero attached hydrogens (tertiary/aromatic N) is 3. The molecule has 0 aliphatic rings. The number of fused-ring (bicyclic) bond motifs is 1. The van der Waals surface area contributed by atoms with Crippen LogP contribution in [0, 0.1) is 5.82 Å². The van der Waals surface area contributed by atoms with Crippen LogP contribution in [0.1, 0.15) is 41.8 Å². The Bertz CT molecular complexity index is 1340. The second kappa shape index (κ2) is 13.0. The highest BCUT2D eigenvalue weighted by Gasteiger charge is 2.23. The average Bonchev–Trinajstić information content (AvgIpc) is 2.86. The van der Waals surface area contributed by atoms with Crippen molar-refractivity contribution < 1.29 is 23.8 Å². The molecule has 0 unspecified atom stereocenters. The number of carbonyl (C=O) groups excluding carboxylic acids is 2. The van der Waals surface area contributed by atoms with E-state index in [9.17, 15) is 23.9 Å². The standard InChI is InChI=1S/C27H34FN5O5/c1-17(2)38-13-5-10-29-25(35)22-24(34)23-21(33(26(22)36)12-11-30-27(37)32(3)4)15-19(16-31-23)14-18-6-8-20(28)9-7-18/h6-9,15-17,34H,5,10-14H2,1-4H3,(H,29,35)(H,30,37). The maximum atomic E-state index is 13.5. The van der Waals surface area contributed by atoms with Crippen LogP contribution >= 0.6 is 0 Å². The zero-order valence-corrected chi connectivity index (χ0v) is 22.1. The normalized spacial score (nSPS) is 11.1. The first-order valence-corrected chi connectivity index (χ1v) is 12.4. The number of aromatic hydroxyl groups is 1. The van der Waals surface area contributed by atoms with E-state index >= 15 is 0 Å². The minimum Gasteiger partial charge on any atom is -0.505 e. The fraction of sp³-hybridized carbons (Fsp3) is 0.407. The van der Waals surface area contributed by atoms with Gasteiger partial charge in [0.25, 0.3) is 11.5 Å². The van der Waals surface area contributed by atoms with Gasteiger partial charge in [-0.3, -0.25) is 14.6 Å². The molecular formula is C27H34FN5O5. The Balaban J connectivity index is 1.95. The molecule has 3 N–H and O–H groups in total. The number of pyridine rings is 2. The van der Waals surface area contributed by atoms with Crippen LogP contribution in [0.25, 0.3) is 11.0 Å². The minimum absolute atomic E-state index is 0.0411. The lowest BCUT2D eigenvalue weighted by Gasteiger charge is -2.17. The summed E-state index contributed by atoms with van der Waals surface area (Å²) in [7, 11) is 3.19. The van der Waals surface area contributed by atoms with Crippen molar-refractivity contribution in [1.29, 1.82) is 0 Å². The lowest BCUT2D eigenvalue weighted by atomic mass is 10.1. The van der Waals surface area contributed by atoms with E-state index in [2.05, 4.69) is 15.6 Å². The molecular weight excluding hydrogens is 493 g/mol. The molecule has 0 aliphatic heterocycles. The molecule has 0 aliphatic carbocycles. The quantitative estimate of drug-likeness (QED) is 0.329. The molecule has 38 heavy (non-hydrogen) atoms. The van der Waals surface area contributed by atoms with Gasteiger partial charge >= 0.3 is 6.03 Å². The smallest absolute Gasteiger partial charge is 0.316 e. The molecule has 3 amide bonds. The van der Waals surface area contributed by atoms with Crippen molar-refractivity contribution in [3.63, 3.8) is 0 Å². The molecule has 204 valence electrons. The van der Waals surface area contributed by atoms with E-state index in [4.69, 9.17) is 4.74 Å². The second-order valence-electron chi connectivity index (χ2n) is 9.35. The van der Waals surface area contributed by atoms with Gasteiger partial charge in [0, 0.05) is 46.5 Å². The zero-order valence-electron chi connectivity index (χ0n) is 22.1. The van der Waals surface area contributed by atoms with E-state index in [-0.39, 0.29) is 43.1 Å². The van der Waals surface area contributed by atoms with E-state index in [1.54, 1.807) is 38.5 Å². The predicted molar refractivity (Wildman–Crippen MR) is 142 cm³/mol. The van der Waals surface area contributed by atoms with Gasteiger partial charge in [0.1, 0.15) is 16.9 Å². The maximum absolute atomic E-state index is 13.5. The van der Waals surface area contributed by atoms with Gasteiger partial charge in [0.2, 0.25) is 0 Å². The highest BCUT2D eigenvalue weighted by atomic mass is 19.1. The number of urea groups is 1. The van der Waals surface area contributed by atoms with Crippen molar-refractivity contribution in [2.75, 3.05) is 33.8 Å². The number of ether oxygens (including phenoxy) is 1. The second-order valence-corrected chi connectivity index (χ2v) is 9.35. The van der Waals surface area contributed by atoms with E-state index in [0.29, 0.717) is 25.0 Å². The first-order valence-electron chi connectivity index (χ1n) is 12.4. The van der Waals surface area contributed by atoms with E-state index in [1.165, 1.54) is 21.6 Å². The van der Waals surface area contributed by atoms with Gasteiger partial charge < -0.3 is 29.9 Å². The van der Waals surface area contributed by atoms with Gasteiger partial charge in [0.05, 0.1) is 11.6 Å². The van der Waals surface area contributed by atoms with Gasteiger partial charge in [-0.15, -0.1) is 0 Å². The molecule has 10 nitrogen and oxygen atoms in total. The van der Waals surface area contributed by atoms with Crippen LogP contribution < -0.4 is 16.2 Å². The zero-order chi connectivity index (χ0) is 27.8. The number of carbonyl (C=O) groups is 2. The summed E-state index contributed by atoms with van der Waals surface area (Å²) in [5.41, 5.74) is 0.830. The topological polar surface area (TPSA) is 126 Å². The van der Waals surface area contributed by atoms with Crippen LogP contribution in [0.5, 0.6) is 5.75 Å². The van der Waals surface area contributed by atoms with Crippen molar-refractivity contribution in [2.24, 2.45) is 0 Å². The van der Waals surface area contributed by atoms with Crippen molar-refractivity contribution in [2.45, 2.75) is 39.3 Å². The summed E-state index contributed by atoms with van der Waals surface area (Å²) in [5, 5.41) is 16.3. The van der Waals surface area contributed by atoms with Crippen LogP contribution in [0.4, 0.5) is 9.18 Å². The highest BCUT2D eigenvalue weighted by molar-refractivity contribution is 6.01. The fourth-order valence-electron chi connectivity index (χ4n) is 3.82. The molecule has 11 heteroatoms. The first kappa shape index (κ1) is 28.6. The Labute approximate surface area is 220 Å². The fourth-order valence-corrected chi connectivity index (χ4v) is 3.82. The van der Waals surface area contributed by atoms with Crippen molar-refractivity contribution in [1.82, 2.24) is 25.1 Å². The third-order valence-electron chi connectivity index (χ3n) is 5.76. The number of hydrogen-bond acceptors (Lipinski definition) is 6. The third-order valence-corrected chi connectivity index (χ3v) is 5.76. The number of hydrogen-bond donors (Lipinski definition) is 3. The van der Waals surface area contributed by atoms with Crippen LogP contribution in [0.2, 0.25) is 0 Å². The Morgan fingerprint density at radius 3 is 2.50 bits per heavy atom. The van der Waals surface area contributed by atoms with Crippen LogP contribution in [-0.4, -0.2) is 71.4 Å². The van der Waals surface area contributed by atoms with Crippen LogP contribution in [0.3, 0.4) is 0 Å². The van der Waals surface area contributed by atoms with Gasteiger partial charge in [-0.05, 0) is 56.0 Å². The minimum atomic E-state index is -0.720. The lowest BCUT2D eigenvalue weighted by molar-refractivity contribution is 0.0756. The SMILES string of the molecule is CC(C)OCCCNC(=O)c1c(O)c2ncc(Cc3ccc(F)cc3)cc2n(CCNC(=O)N(C)C)c1=O. The Hall–Kier alpha value is -3.99. The first-order chi connectivity index (χ1) is 18.1. The number of aromatic nitrogens is 2. The van der Waals surface area contributed by atoms with Gasteiger partial charge in [-0.25, -0.2) is 9.18 Å². The van der Waals surface area contributed by atoms with E-state index < -0.39 is 22.8 Å². The molecule has 1 aromatic carbocycles. The van der Waals surface area contributed by atoms with Gasteiger partial charge in [-0.2, -0.15) is 0 Å². The average molecular weight is 528 g/mol. The van der Waals surface area contributed by atoms with Crippen LogP contribution in [0.15, 0.2) is 41.3 Å². The molecule has 0 spiro atoms. The lowest BCUT2D eigenvalue weighted by Crippen LogP contribution is -2.39. The number of rotatable bonds is 11. The Morgan fingerprint density at radius 1 is 1.13 bits per heavy atom. The summed E-state index contributed by atoms with van der Waals surface area (Å²) in [6, 6.07) is 7.39. The maximum Gasteiger partial charge on any atom is 0.316 e. The largest absolute Gasteiger partial charge is 0.505 e. The summed E-state index contributed by atoms with van der Waals surface area (Å²) in [6.45, 7) is 4.66. The third kappa shape index (κ3) is 7.28. The van der Waals surface area contributed by atoms with Crippen molar-refractivity contribution in [3.05, 3.63) is 69.4 Å². The molecule has 2 heterocycles. The van der Waals surface area contributed by atoms with Crippen molar-refractivity contribution >= 4 is 23.0 Å². The summed E-state index contributed by atoms with van der Waals surface area (Å²) in [4.78, 5) is 44.1.